The number of aliphatic hydroxyl groups excluding tert-OH is 1. The average Bonchev–Trinajstić information content (AvgIpc) is 3.13. The van der Waals surface area contributed by atoms with Gasteiger partial charge in [0.1, 0.15) is 11.6 Å². The molecule has 2 aliphatic rings. The number of nitrogens with zero attached hydrogens (tertiary/aromatic N) is 4. The number of ether oxygens (including phenoxy) is 3. The predicted octanol–water partition coefficient (Wildman–Crippen LogP) is 1.83. The lowest BCUT2D eigenvalue weighted by atomic mass is 10.2. The second kappa shape index (κ2) is 8.60. The Balaban J connectivity index is 1.53. The molecule has 1 saturated heterocycles. The van der Waals surface area contributed by atoms with Crippen LogP contribution in [0.15, 0.2) is 28.4 Å². The first-order chi connectivity index (χ1) is 13.7. The third-order valence-electron chi connectivity index (χ3n) is 4.95. The number of rotatable bonds is 7. The van der Waals surface area contributed by atoms with E-state index in [1.165, 1.54) is 11.8 Å². The number of fused-ring (bicyclic) bond motifs is 3. The number of hydrogen-bond acceptors (Lipinski definition) is 9. The van der Waals surface area contributed by atoms with E-state index in [0.29, 0.717) is 25.5 Å². The fourth-order valence-electron chi connectivity index (χ4n) is 3.51. The number of aromatic nitrogens is 3. The molecule has 0 aromatic carbocycles. The van der Waals surface area contributed by atoms with Crippen molar-refractivity contribution in [3.8, 4) is 5.75 Å². The summed E-state index contributed by atoms with van der Waals surface area (Å²) in [5, 5.41) is 10.2. The van der Waals surface area contributed by atoms with Crippen molar-refractivity contribution in [2.75, 3.05) is 38.4 Å². The molecule has 1 fully saturated rings. The third kappa shape index (κ3) is 3.93. The quantitative estimate of drug-likeness (QED) is 0.694. The lowest BCUT2D eigenvalue weighted by Crippen LogP contribution is -2.39. The molecule has 0 radical (unpaired) electrons. The molecule has 2 aromatic heterocycles. The Bertz CT molecular complexity index is 838. The van der Waals surface area contributed by atoms with Crippen LogP contribution in [0.4, 0.5) is 5.82 Å². The molecule has 0 unspecified atom stereocenters. The summed E-state index contributed by atoms with van der Waals surface area (Å²) in [7, 11) is 1.68. The highest BCUT2D eigenvalue weighted by Gasteiger charge is 2.39. The molecule has 2 aliphatic heterocycles. The van der Waals surface area contributed by atoms with Crippen LogP contribution >= 0.6 is 11.8 Å². The van der Waals surface area contributed by atoms with Crippen molar-refractivity contribution in [1.82, 2.24) is 15.0 Å². The highest BCUT2D eigenvalue weighted by molar-refractivity contribution is 7.99. The van der Waals surface area contributed by atoms with Crippen LogP contribution in [-0.4, -0.2) is 65.7 Å². The maximum atomic E-state index is 9.43. The standard InChI is InChI=1S/C19H24N4O4S/c1-12-15(10-24)22-17(8-21-12)28-16-3-4-20-19-18(16)27-11-13-7-14(9-23(13)19)26-6-5-25-2/h3-4,8,13-14,24H,5-7,9-11H2,1-2H3/t13-,14-/m0/s1. The van der Waals surface area contributed by atoms with E-state index in [9.17, 15) is 5.11 Å². The van der Waals surface area contributed by atoms with Gasteiger partial charge in [0.15, 0.2) is 11.6 Å². The zero-order valence-corrected chi connectivity index (χ0v) is 16.8. The first-order valence-corrected chi connectivity index (χ1v) is 10.1. The van der Waals surface area contributed by atoms with Crippen molar-refractivity contribution < 1.29 is 19.3 Å². The Hall–Kier alpha value is -1.94. The van der Waals surface area contributed by atoms with Crippen molar-refractivity contribution in [3.63, 3.8) is 0 Å². The van der Waals surface area contributed by atoms with E-state index in [0.717, 1.165) is 40.1 Å². The van der Waals surface area contributed by atoms with Crippen LogP contribution < -0.4 is 9.64 Å². The highest BCUT2D eigenvalue weighted by Crippen LogP contribution is 2.44. The predicted molar refractivity (Wildman–Crippen MR) is 104 cm³/mol. The largest absolute Gasteiger partial charge is 0.486 e. The summed E-state index contributed by atoms with van der Waals surface area (Å²) in [5.41, 5.74) is 1.32. The maximum Gasteiger partial charge on any atom is 0.175 e. The minimum absolute atomic E-state index is 0.127. The number of anilines is 1. The number of aryl methyl sites for hydroxylation is 1. The van der Waals surface area contributed by atoms with Gasteiger partial charge in [-0.1, -0.05) is 11.8 Å². The van der Waals surface area contributed by atoms with Gasteiger partial charge in [-0.2, -0.15) is 0 Å². The van der Waals surface area contributed by atoms with Gasteiger partial charge in [-0.3, -0.25) is 4.98 Å². The van der Waals surface area contributed by atoms with Crippen LogP contribution in [0.25, 0.3) is 0 Å². The molecular formula is C19H24N4O4S. The van der Waals surface area contributed by atoms with Crippen molar-refractivity contribution in [2.24, 2.45) is 0 Å². The van der Waals surface area contributed by atoms with Gasteiger partial charge in [0, 0.05) is 19.9 Å². The molecule has 0 amide bonds. The fourth-order valence-corrected chi connectivity index (χ4v) is 4.37. The summed E-state index contributed by atoms with van der Waals surface area (Å²) in [4.78, 5) is 16.6. The van der Waals surface area contributed by atoms with Gasteiger partial charge in [0.05, 0.1) is 54.4 Å². The van der Waals surface area contributed by atoms with Crippen LogP contribution in [0.5, 0.6) is 5.75 Å². The number of methoxy groups -OCH3 is 1. The fraction of sp³-hybridized carbons (Fsp3) is 0.526. The van der Waals surface area contributed by atoms with E-state index in [4.69, 9.17) is 14.2 Å². The number of hydrogen-bond donors (Lipinski definition) is 1. The van der Waals surface area contributed by atoms with E-state index in [1.807, 2.05) is 13.0 Å². The second-order valence-electron chi connectivity index (χ2n) is 6.80. The normalized spacial score (nSPS) is 20.6. The molecule has 150 valence electrons. The summed E-state index contributed by atoms with van der Waals surface area (Å²) >= 11 is 1.47. The Morgan fingerprint density at radius 2 is 2.25 bits per heavy atom. The van der Waals surface area contributed by atoms with Crippen molar-refractivity contribution >= 4 is 17.6 Å². The minimum atomic E-state index is -0.127. The van der Waals surface area contributed by atoms with E-state index in [1.54, 1.807) is 19.5 Å². The monoisotopic (exact) mass is 404 g/mol. The van der Waals surface area contributed by atoms with Gasteiger partial charge < -0.3 is 24.2 Å². The average molecular weight is 404 g/mol. The van der Waals surface area contributed by atoms with Crippen LogP contribution in [0.2, 0.25) is 0 Å². The molecule has 0 saturated carbocycles. The molecule has 0 aliphatic carbocycles. The van der Waals surface area contributed by atoms with Crippen molar-refractivity contribution in [1.29, 1.82) is 0 Å². The van der Waals surface area contributed by atoms with E-state index in [-0.39, 0.29) is 18.8 Å². The Morgan fingerprint density at radius 3 is 3.07 bits per heavy atom. The zero-order valence-electron chi connectivity index (χ0n) is 16.0. The molecule has 2 aromatic rings. The maximum absolute atomic E-state index is 9.43. The molecule has 9 heteroatoms. The molecule has 8 nitrogen and oxygen atoms in total. The first kappa shape index (κ1) is 19.4. The molecular weight excluding hydrogens is 380 g/mol. The van der Waals surface area contributed by atoms with Crippen LogP contribution in [0, 0.1) is 6.92 Å². The Morgan fingerprint density at radius 1 is 1.36 bits per heavy atom. The van der Waals surface area contributed by atoms with Crippen LogP contribution in [0.3, 0.4) is 0 Å². The van der Waals surface area contributed by atoms with Crippen LogP contribution in [0.1, 0.15) is 17.8 Å². The van der Waals surface area contributed by atoms with Gasteiger partial charge in [-0.15, -0.1) is 0 Å². The second-order valence-corrected chi connectivity index (χ2v) is 7.86. The van der Waals surface area contributed by atoms with Crippen molar-refractivity contribution in [3.05, 3.63) is 29.8 Å². The Kier molecular flexibility index (Phi) is 5.96. The molecule has 28 heavy (non-hydrogen) atoms. The zero-order chi connectivity index (χ0) is 19.5. The molecule has 1 N–H and O–H groups in total. The van der Waals surface area contributed by atoms with E-state index in [2.05, 4.69) is 19.9 Å². The van der Waals surface area contributed by atoms with Crippen molar-refractivity contribution in [2.45, 2.75) is 42.0 Å². The summed E-state index contributed by atoms with van der Waals surface area (Å²) in [6, 6.07) is 2.19. The molecule has 4 heterocycles. The third-order valence-corrected chi connectivity index (χ3v) is 5.90. The topological polar surface area (TPSA) is 89.8 Å². The van der Waals surface area contributed by atoms with Gasteiger partial charge in [-0.05, 0) is 19.4 Å². The summed E-state index contributed by atoms with van der Waals surface area (Å²) in [6.45, 7) is 4.31. The van der Waals surface area contributed by atoms with Crippen LogP contribution in [-0.2, 0) is 16.1 Å². The molecule has 2 atom stereocenters. The van der Waals surface area contributed by atoms with Gasteiger partial charge in [0.2, 0.25) is 0 Å². The van der Waals surface area contributed by atoms with Gasteiger partial charge in [0.25, 0.3) is 0 Å². The highest BCUT2D eigenvalue weighted by atomic mass is 32.2. The Labute approximate surface area is 168 Å². The lowest BCUT2D eigenvalue weighted by molar-refractivity contribution is 0.0261. The van der Waals surface area contributed by atoms with E-state index >= 15 is 0 Å². The summed E-state index contributed by atoms with van der Waals surface area (Å²) < 4.78 is 17.1. The number of aliphatic hydroxyl groups is 1. The smallest absolute Gasteiger partial charge is 0.175 e. The minimum Gasteiger partial charge on any atom is -0.486 e. The molecule has 0 spiro atoms. The summed E-state index contributed by atoms with van der Waals surface area (Å²) in [5.74, 6) is 1.62. The SMILES string of the molecule is COCCO[C@H]1C[C@H]2COc3c(Sc4cnc(C)c(CO)n4)ccnc3N2C1. The lowest BCUT2D eigenvalue weighted by Gasteiger charge is -2.32. The molecule has 0 bridgehead atoms. The van der Waals surface area contributed by atoms with Gasteiger partial charge >= 0.3 is 0 Å². The van der Waals surface area contributed by atoms with E-state index < -0.39 is 0 Å². The molecule has 4 rings (SSSR count). The number of pyridine rings is 1. The first-order valence-electron chi connectivity index (χ1n) is 9.29. The summed E-state index contributed by atoms with van der Waals surface area (Å²) in [6.07, 6.45) is 4.59. The van der Waals surface area contributed by atoms with Gasteiger partial charge in [-0.25, -0.2) is 9.97 Å².